The van der Waals surface area contributed by atoms with Crippen LogP contribution in [-0.4, -0.2) is 16.0 Å². The summed E-state index contributed by atoms with van der Waals surface area (Å²) in [6.07, 6.45) is 0. The Kier molecular flexibility index (Phi) is 4.18. The van der Waals surface area contributed by atoms with Crippen LogP contribution in [0.25, 0.3) is 0 Å². The van der Waals surface area contributed by atoms with Crippen molar-refractivity contribution < 1.29 is 14.8 Å². The molecule has 0 unspecified atom stereocenters. The molecule has 5 nitrogen and oxygen atoms in total. The molecule has 1 N–H and O–H groups in total. The standard InChI is InChI=1S/C12H9NO4S2/c14-12(15)11-8(5-6-18-11)7-19-10-4-2-1-3-9(10)13(16)17/h1-6H,7H2,(H,14,15). The molecule has 0 bridgehead atoms. The maximum atomic E-state index is 11.0. The van der Waals surface area contributed by atoms with Crippen LogP contribution in [-0.2, 0) is 5.75 Å². The van der Waals surface area contributed by atoms with Gasteiger partial charge in [0.15, 0.2) is 0 Å². The number of nitro benzene ring substituents is 1. The summed E-state index contributed by atoms with van der Waals surface area (Å²) in [4.78, 5) is 22.2. The number of carboxylic acid groups (broad SMARTS) is 1. The number of carboxylic acids is 1. The van der Waals surface area contributed by atoms with Gasteiger partial charge in [0.1, 0.15) is 4.88 Å². The number of para-hydroxylation sites is 1. The van der Waals surface area contributed by atoms with E-state index in [0.29, 0.717) is 16.2 Å². The van der Waals surface area contributed by atoms with E-state index in [1.165, 1.54) is 17.8 Å². The lowest BCUT2D eigenvalue weighted by Gasteiger charge is -2.02. The van der Waals surface area contributed by atoms with Gasteiger partial charge in [-0.2, -0.15) is 0 Å². The van der Waals surface area contributed by atoms with E-state index in [2.05, 4.69) is 0 Å². The maximum Gasteiger partial charge on any atom is 0.346 e. The lowest BCUT2D eigenvalue weighted by Crippen LogP contribution is -1.96. The Morgan fingerprint density at radius 1 is 1.37 bits per heavy atom. The molecule has 0 amide bonds. The summed E-state index contributed by atoms with van der Waals surface area (Å²) in [6.45, 7) is 0. The number of hydrogen-bond donors (Lipinski definition) is 1. The smallest absolute Gasteiger partial charge is 0.346 e. The van der Waals surface area contributed by atoms with Crippen molar-refractivity contribution in [2.24, 2.45) is 0 Å². The first-order valence-corrected chi connectivity index (χ1v) is 7.12. The van der Waals surface area contributed by atoms with Crippen molar-refractivity contribution >= 4 is 34.8 Å². The van der Waals surface area contributed by atoms with Gasteiger partial charge < -0.3 is 5.11 Å². The lowest BCUT2D eigenvalue weighted by atomic mass is 10.3. The second-order valence-corrected chi connectivity index (χ2v) is 5.53. The van der Waals surface area contributed by atoms with E-state index in [-0.39, 0.29) is 10.6 Å². The highest BCUT2D eigenvalue weighted by Crippen LogP contribution is 2.32. The largest absolute Gasteiger partial charge is 0.477 e. The van der Waals surface area contributed by atoms with Crippen molar-refractivity contribution in [1.29, 1.82) is 0 Å². The van der Waals surface area contributed by atoms with E-state index >= 15 is 0 Å². The summed E-state index contributed by atoms with van der Waals surface area (Å²) in [7, 11) is 0. The van der Waals surface area contributed by atoms with Crippen LogP contribution in [0.2, 0.25) is 0 Å². The molecule has 0 saturated heterocycles. The molecule has 0 radical (unpaired) electrons. The van der Waals surface area contributed by atoms with E-state index in [0.717, 1.165) is 11.3 Å². The number of nitro groups is 1. The van der Waals surface area contributed by atoms with Gasteiger partial charge in [-0.3, -0.25) is 10.1 Å². The first-order chi connectivity index (χ1) is 9.09. The van der Waals surface area contributed by atoms with E-state index in [9.17, 15) is 14.9 Å². The Bertz CT molecular complexity index is 624. The number of hydrogen-bond acceptors (Lipinski definition) is 5. The monoisotopic (exact) mass is 295 g/mol. The number of rotatable bonds is 5. The van der Waals surface area contributed by atoms with Crippen LogP contribution in [0.1, 0.15) is 15.2 Å². The predicted molar refractivity (Wildman–Crippen MR) is 73.9 cm³/mol. The number of aromatic carboxylic acids is 1. The molecule has 2 aromatic rings. The molecule has 0 aliphatic rings. The SMILES string of the molecule is O=C(O)c1sccc1CSc1ccccc1[N+](=O)[O-]. The molecule has 0 saturated carbocycles. The van der Waals surface area contributed by atoms with Crippen LogP contribution >= 0.6 is 23.1 Å². The Labute approximate surface area is 117 Å². The third kappa shape index (κ3) is 3.12. The summed E-state index contributed by atoms with van der Waals surface area (Å²) in [5.74, 6) is -0.566. The topological polar surface area (TPSA) is 80.4 Å². The van der Waals surface area contributed by atoms with Crippen molar-refractivity contribution in [3.63, 3.8) is 0 Å². The molecular formula is C12H9NO4S2. The summed E-state index contributed by atoms with van der Waals surface area (Å²) >= 11 is 2.42. The zero-order chi connectivity index (χ0) is 13.8. The minimum atomic E-state index is -0.965. The van der Waals surface area contributed by atoms with Crippen LogP contribution < -0.4 is 0 Å². The van der Waals surface area contributed by atoms with Gasteiger partial charge in [0.2, 0.25) is 0 Å². The zero-order valence-corrected chi connectivity index (χ0v) is 11.2. The Balaban J connectivity index is 2.17. The highest BCUT2D eigenvalue weighted by Gasteiger charge is 2.15. The molecule has 98 valence electrons. The van der Waals surface area contributed by atoms with Gasteiger partial charge in [-0.05, 0) is 23.1 Å². The first-order valence-electron chi connectivity index (χ1n) is 5.25. The van der Waals surface area contributed by atoms with Crippen molar-refractivity contribution in [2.45, 2.75) is 10.6 Å². The third-order valence-corrected chi connectivity index (χ3v) is 4.44. The van der Waals surface area contributed by atoms with Crippen LogP contribution in [0.15, 0.2) is 40.6 Å². The minimum absolute atomic E-state index is 0.0413. The predicted octanol–water partition coefficient (Wildman–Crippen LogP) is 3.65. The van der Waals surface area contributed by atoms with Gasteiger partial charge in [0.05, 0.1) is 9.82 Å². The Morgan fingerprint density at radius 3 is 2.79 bits per heavy atom. The highest BCUT2D eigenvalue weighted by atomic mass is 32.2. The number of nitrogens with zero attached hydrogens (tertiary/aromatic N) is 1. The van der Waals surface area contributed by atoms with Crippen molar-refractivity contribution in [3.05, 3.63) is 56.3 Å². The molecule has 0 atom stereocenters. The number of benzene rings is 1. The van der Waals surface area contributed by atoms with Gasteiger partial charge in [-0.1, -0.05) is 12.1 Å². The molecule has 0 aliphatic carbocycles. The van der Waals surface area contributed by atoms with Crippen LogP contribution in [0.4, 0.5) is 5.69 Å². The fourth-order valence-corrected chi connectivity index (χ4v) is 3.39. The van der Waals surface area contributed by atoms with Crippen molar-refractivity contribution in [2.75, 3.05) is 0 Å². The molecule has 0 fully saturated rings. The molecule has 1 aromatic heterocycles. The van der Waals surface area contributed by atoms with E-state index < -0.39 is 10.9 Å². The second kappa shape index (κ2) is 5.85. The molecule has 2 rings (SSSR count). The molecule has 0 spiro atoms. The Morgan fingerprint density at radius 2 is 2.11 bits per heavy atom. The average molecular weight is 295 g/mol. The van der Waals surface area contributed by atoms with Crippen LogP contribution in [0.5, 0.6) is 0 Å². The highest BCUT2D eigenvalue weighted by molar-refractivity contribution is 7.98. The van der Waals surface area contributed by atoms with Gasteiger partial charge in [-0.15, -0.1) is 23.1 Å². The van der Waals surface area contributed by atoms with E-state index in [1.54, 1.807) is 29.6 Å². The van der Waals surface area contributed by atoms with Gasteiger partial charge in [0.25, 0.3) is 5.69 Å². The second-order valence-electron chi connectivity index (χ2n) is 3.59. The van der Waals surface area contributed by atoms with Gasteiger partial charge in [-0.25, -0.2) is 4.79 Å². The Hall–Kier alpha value is -1.86. The molecule has 1 aromatic carbocycles. The molecule has 0 aliphatic heterocycles. The average Bonchev–Trinajstić information content (AvgIpc) is 2.85. The molecule has 7 heteroatoms. The van der Waals surface area contributed by atoms with Gasteiger partial charge >= 0.3 is 5.97 Å². The number of carbonyl (C=O) groups is 1. The van der Waals surface area contributed by atoms with Gasteiger partial charge in [0, 0.05) is 11.8 Å². The maximum absolute atomic E-state index is 11.0. The van der Waals surface area contributed by atoms with E-state index in [4.69, 9.17) is 5.11 Å². The van der Waals surface area contributed by atoms with Crippen LogP contribution in [0, 0.1) is 10.1 Å². The van der Waals surface area contributed by atoms with Crippen LogP contribution in [0.3, 0.4) is 0 Å². The third-order valence-electron chi connectivity index (χ3n) is 2.39. The van der Waals surface area contributed by atoms with E-state index in [1.807, 2.05) is 0 Å². The van der Waals surface area contributed by atoms with Crippen molar-refractivity contribution in [1.82, 2.24) is 0 Å². The number of thiophene rings is 1. The first kappa shape index (κ1) is 13.6. The zero-order valence-electron chi connectivity index (χ0n) is 9.61. The lowest BCUT2D eigenvalue weighted by molar-refractivity contribution is -0.387. The summed E-state index contributed by atoms with van der Waals surface area (Å²) in [6, 6.07) is 8.16. The fourth-order valence-electron chi connectivity index (χ4n) is 1.52. The summed E-state index contributed by atoms with van der Waals surface area (Å²) < 4.78 is 0. The number of thioether (sulfide) groups is 1. The molecular weight excluding hydrogens is 286 g/mol. The van der Waals surface area contributed by atoms with Crippen molar-refractivity contribution in [3.8, 4) is 0 Å². The summed E-state index contributed by atoms with van der Waals surface area (Å²) in [5.41, 5.74) is 0.722. The quantitative estimate of drug-likeness (QED) is 0.517. The normalized spacial score (nSPS) is 10.3. The fraction of sp³-hybridized carbons (Fsp3) is 0.0833. The minimum Gasteiger partial charge on any atom is -0.477 e. The molecule has 1 heterocycles. The molecule has 19 heavy (non-hydrogen) atoms. The summed E-state index contributed by atoms with van der Waals surface area (Å²) in [5, 5.41) is 21.6.